The summed E-state index contributed by atoms with van der Waals surface area (Å²) in [5.74, 6) is 0.966. The number of rotatable bonds is 9. The summed E-state index contributed by atoms with van der Waals surface area (Å²) in [6.45, 7) is 7.04. The largest absolute Gasteiger partial charge is 0.314 e. The molecule has 0 bridgehead atoms. The van der Waals surface area contributed by atoms with Crippen LogP contribution in [0.5, 0.6) is 0 Å². The summed E-state index contributed by atoms with van der Waals surface area (Å²) >= 11 is 0. The molecule has 2 aliphatic rings. The van der Waals surface area contributed by atoms with Gasteiger partial charge in [-0.3, -0.25) is 4.90 Å². The van der Waals surface area contributed by atoms with Crippen molar-refractivity contribution in [2.75, 3.05) is 19.6 Å². The van der Waals surface area contributed by atoms with Crippen molar-refractivity contribution in [1.29, 1.82) is 0 Å². The van der Waals surface area contributed by atoms with Gasteiger partial charge in [0.25, 0.3) is 0 Å². The van der Waals surface area contributed by atoms with Crippen molar-refractivity contribution in [1.82, 2.24) is 10.2 Å². The summed E-state index contributed by atoms with van der Waals surface area (Å²) in [6.07, 6.45) is 8.28. The number of benzene rings is 1. The van der Waals surface area contributed by atoms with Gasteiger partial charge in [-0.2, -0.15) is 0 Å². The molecule has 3 rings (SSSR count). The van der Waals surface area contributed by atoms with Gasteiger partial charge < -0.3 is 5.32 Å². The minimum Gasteiger partial charge on any atom is -0.314 e. The molecule has 2 fully saturated rings. The summed E-state index contributed by atoms with van der Waals surface area (Å²) in [5.41, 5.74) is 3.08. The fraction of sp³-hybridized carbons (Fsp3) is 0.684. The SMILES string of the molecule is CCN(Cc1ccccc1CCNC1CC1)CC1CCC1. The Balaban J connectivity index is 1.54. The van der Waals surface area contributed by atoms with E-state index in [1.54, 1.807) is 0 Å². The minimum absolute atomic E-state index is 0.822. The first-order valence-electron chi connectivity index (χ1n) is 8.87. The van der Waals surface area contributed by atoms with E-state index in [4.69, 9.17) is 0 Å². The van der Waals surface area contributed by atoms with Crippen LogP contribution in [0.1, 0.15) is 50.2 Å². The highest BCUT2D eigenvalue weighted by molar-refractivity contribution is 5.27. The standard InChI is InChI=1S/C19H30N2/c1-2-21(14-16-6-5-7-16)15-18-9-4-3-8-17(18)12-13-20-19-10-11-19/h3-4,8-9,16,19-20H,2,5-7,10-15H2,1H3. The lowest BCUT2D eigenvalue weighted by Crippen LogP contribution is -2.32. The molecule has 0 saturated heterocycles. The lowest BCUT2D eigenvalue weighted by Gasteiger charge is -2.32. The zero-order valence-corrected chi connectivity index (χ0v) is 13.5. The smallest absolute Gasteiger partial charge is 0.0236 e. The molecule has 0 amide bonds. The van der Waals surface area contributed by atoms with Crippen molar-refractivity contribution in [3.05, 3.63) is 35.4 Å². The number of nitrogens with one attached hydrogen (secondary N) is 1. The summed E-state index contributed by atoms with van der Waals surface area (Å²) in [5, 5.41) is 3.64. The fourth-order valence-electron chi connectivity index (χ4n) is 3.24. The Bertz CT molecular complexity index is 435. The van der Waals surface area contributed by atoms with E-state index in [0.29, 0.717) is 0 Å². The predicted octanol–water partition coefficient (Wildman–Crippen LogP) is 3.60. The van der Waals surface area contributed by atoms with Crippen LogP contribution in [0, 0.1) is 5.92 Å². The molecule has 0 heterocycles. The Morgan fingerprint density at radius 3 is 2.48 bits per heavy atom. The fourth-order valence-corrected chi connectivity index (χ4v) is 3.24. The lowest BCUT2D eigenvalue weighted by molar-refractivity contribution is 0.178. The molecule has 0 unspecified atom stereocenters. The molecular formula is C19H30N2. The highest BCUT2D eigenvalue weighted by atomic mass is 15.1. The average Bonchev–Trinajstić information content (AvgIpc) is 3.27. The van der Waals surface area contributed by atoms with E-state index in [1.807, 2.05) is 0 Å². The third-order valence-electron chi connectivity index (χ3n) is 5.11. The topological polar surface area (TPSA) is 15.3 Å². The van der Waals surface area contributed by atoms with E-state index in [2.05, 4.69) is 41.4 Å². The van der Waals surface area contributed by atoms with Crippen LogP contribution in [0.3, 0.4) is 0 Å². The predicted molar refractivity (Wildman–Crippen MR) is 89.5 cm³/mol. The Morgan fingerprint density at radius 2 is 1.86 bits per heavy atom. The van der Waals surface area contributed by atoms with Crippen LogP contribution >= 0.6 is 0 Å². The Kier molecular flexibility index (Phi) is 5.32. The number of hydrogen-bond donors (Lipinski definition) is 1. The monoisotopic (exact) mass is 286 g/mol. The van der Waals surface area contributed by atoms with Gasteiger partial charge in [0.2, 0.25) is 0 Å². The summed E-state index contributed by atoms with van der Waals surface area (Å²) in [6, 6.07) is 9.86. The quantitative estimate of drug-likeness (QED) is 0.746. The average molecular weight is 286 g/mol. The minimum atomic E-state index is 0.822. The van der Waals surface area contributed by atoms with Crippen LogP contribution in [0.2, 0.25) is 0 Å². The van der Waals surface area contributed by atoms with Gasteiger partial charge in [0.1, 0.15) is 0 Å². The van der Waals surface area contributed by atoms with E-state index in [1.165, 1.54) is 62.7 Å². The second-order valence-corrected chi connectivity index (χ2v) is 6.87. The van der Waals surface area contributed by atoms with E-state index < -0.39 is 0 Å². The van der Waals surface area contributed by atoms with Crippen LogP contribution in [0.4, 0.5) is 0 Å². The van der Waals surface area contributed by atoms with Crippen LogP contribution in [0.25, 0.3) is 0 Å². The van der Waals surface area contributed by atoms with Crippen molar-refractivity contribution in [2.24, 2.45) is 5.92 Å². The second-order valence-electron chi connectivity index (χ2n) is 6.87. The normalized spacial score (nSPS) is 19.0. The molecule has 2 saturated carbocycles. The Labute approximate surface area is 129 Å². The first-order chi connectivity index (χ1) is 10.3. The first kappa shape index (κ1) is 15.1. The van der Waals surface area contributed by atoms with Gasteiger partial charge in [-0.05, 0) is 62.2 Å². The Hall–Kier alpha value is -0.860. The molecule has 2 heteroatoms. The van der Waals surface area contributed by atoms with E-state index in [9.17, 15) is 0 Å². The van der Waals surface area contributed by atoms with Crippen LogP contribution in [-0.2, 0) is 13.0 Å². The lowest BCUT2D eigenvalue weighted by atomic mass is 9.85. The third-order valence-corrected chi connectivity index (χ3v) is 5.11. The zero-order valence-electron chi connectivity index (χ0n) is 13.5. The van der Waals surface area contributed by atoms with E-state index in [-0.39, 0.29) is 0 Å². The summed E-state index contributed by atoms with van der Waals surface area (Å²) < 4.78 is 0. The number of hydrogen-bond acceptors (Lipinski definition) is 2. The van der Waals surface area contributed by atoms with Crippen molar-refractivity contribution in [2.45, 2.75) is 58.0 Å². The molecular weight excluding hydrogens is 256 g/mol. The van der Waals surface area contributed by atoms with Gasteiger partial charge in [-0.1, -0.05) is 37.6 Å². The Morgan fingerprint density at radius 1 is 1.10 bits per heavy atom. The van der Waals surface area contributed by atoms with E-state index >= 15 is 0 Å². The van der Waals surface area contributed by atoms with Gasteiger partial charge in [0.15, 0.2) is 0 Å². The maximum Gasteiger partial charge on any atom is 0.0236 e. The number of nitrogens with zero attached hydrogens (tertiary/aromatic N) is 1. The van der Waals surface area contributed by atoms with Gasteiger partial charge in [-0.15, -0.1) is 0 Å². The molecule has 0 aliphatic heterocycles. The van der Waals surface area contributed by atoms with E-state index in [0.717, 1.165) is 25.0 Å². The highest BCUT2D eigenvalue weighted by Gasteiger charge is 2.21. The molecule has 1 N–H and O–H groups in total. The molecule has 116 valence electrons. The molecule has 0 spiro atoms. The van der Waals surface area contributed by atoms with Gasteiger partial charge in [0.05, 0.1) is 0 Å². The van der Waals surface area contributed by atoms with Crippen LogP contribution < -0.4 is 5.32 Å². The van der Waals surface area contributed by atoms with Crippen molar-refractivity contribution in [3.8, 4) is 0 Å². The van der Waals surface area contributed by atoms with Crippen molar-refractivity contribution in [3.63, 3.8) is 0 Å². The summed E-state index contributed by atoms with van der Waals surface area (Å²) in [7, 11) is 0. The summed E-state index contributed by atoms with van der Waals surface area (Å²) in [4.78, 5) is 2.64. The van der Waals surface area contributed by atoms with Gasteiger partial charge in [-0.25, -0.2) is 0 Å². The molecule has 0 atom stereocenters. The van der Waals surface area contributed by atoms with Crippen LogP contribution in [-0.4, -0.2) is 30.6 Å². The maximum atomic E-state index is 3.64. The molecule has 1 aromatic carbocycles. The van der Waals surface area contributed by atoms with Crippen molar-refractivity contribution >= 4 is 0 Å². The molecule has 2 nitrogen and oxygen atoms in total. The van der Waals surface area contributed by atoms with Crippen molar-refractivity contribution < 1.29 is 0 Å². The maximum absolute atomic E-state index is 3.64. The first-order valence-corrected chi connectivity index (χ1v) is 8.87. The molecule has 21 heavy (non-hydrogen) atoms. The van der Waals surface area contributed by atoms with Crippen LogP contribution in [0.15, 0.2) is 24.3 Å². The highest BCUT2D eigenvalue weighted by Crippen LogP contribution is 2.27. The molecule has 2 aliphatic carbocycles. The molecule has 0 aromatic heterocycles. The zero-order chi connectivity index (χ0) is 14.5. The van der Waals surface area contributed by atoms with Gasteiger partial charge in [0, 0.05) is 19.1 Å². The molecule has 0 radical (unpaired) electrons. The molecule has 1 aromatic rings. The third kappa shape index (κ3) is 4.55. The van der Waals surface area contributed by atoms with Gasteiger partial charge >= 0.3 is 0 Å². The second kappa shape index (κ2) is 7.42.